The summed E-state index contributed by atoms with van der Waals surface area (Å²) in [6.45, 7) is 0.249. The molecular formula is C15H13F2N3O2S. The molecule has 0 aliphatic rings. The highest BCUT2D eigenvalue weighted by Gasteiger charge is 2.18. The normalized spacial score (nSPS) is 11.3. The smallest absolute Gasteiger partial charge is 0.340 e. The van der Waals surface area contributed by atoms with Gasteiger partial charge in [-0.1, -0.05) is 6.07 Å². The van der Waals surface area contributed by atoms with Gasteiger partial charge in [0.2, 0.25) is 0 Å². The molecule has 8 heteroatoms. The molecule has 2 heterocycles. The van der Waals surface area contributed by atoms with E-state index >= 15 is 0 Å². The van der Waals surface area contributed by atoms with Crippen LogP contribution in [0.4, 0.5) is 8.78 Å². The van der Waals surface area contributed by atoms with Crippen LogP contribution in [0, 0.1) is 0 Å². The van der Waals surface area contributed by atoms with Crippen molar-refractivity contribution >= 4 is 28.3 Å². The highest BCUT2D eigenvalue weighted by Crippen LogP contribution is 2.22. The average Bonchev–Trinajstić information content (AvgIpc) is 3.19. The van der Waals surface area contributed by atoms with Crippen molar-refractivity contribution < 1.29 is 18.3 Å². The minimum Gasteiger partial charge on any atom is -0.462 e. The maximum absolute atomic E-state index is 12.7. The monoisotopic (exact) mass is 337 g/mol. The molecule has 0 radical (unpaired) electrons. The van der Waals surface area contributed by atoms with E-state index < -0.39 is 18.2 Å². The lowest BCUT2D eigenvalue weighted by atomic mass is 10.2. The Labute approximate surface area is 134 Å². The van der Waals surface area contributed by atoms with Gasteiger partial charge in [0, 0.05) is 11.1 Å². The van der Waals surface area contributed by atoms with Gasteiger partial charge in [-0.3, -0.25) is 4.98 Å². The molecule has 1 N–H and O–H groups in total. The molecule has 5 nitrogen and oxygen atoms in total. The summed E-state index contributed by atoms with van der Waals surface area (Å²) >= 11 is 1.55. The molecule has 0 aliphatic heterocycles. The van der Waals surface area contributed by atoms with E-state index in [4.69, 9.17) is 4.74 Å². The van der Waals surface area contributed by atoms with E-state index in [1.54, 1.807) is 35.2 Å². The molecule has 0 unspecified atom stereocenters. The van der Waals surface area contributed by atoms with Crippen LogP contribution in [0.15, 0.2) is 29.9 Å². The first-order valence-corrected chi connectivity index (χ1v) is 7.84. The Kier molecular flexibility index (Phi) is 4.61. The van der Waals surface area contributed by atoms with Gasteiger partial charge in [0.25, 0.3) is 6.43 Å². The van der Waals surface area contributed by atoms with Crippen molar-refractivity contribution in [1.29, 1.82) is 0 Å². The van der Waals surface area contributed by atoms with Crippen molar-refractivity contribution in [2.24, 2.45) is 0 Å². The number of aromatic amines is 1. The molecule has 23 heavy (non-hydrogen) atoms. The fraction of sp³-hybridized carbons (Fsp3) is 0.267. The average molecular weight is 337 g/mol. The lowest BCUT2D eigenvalue weighted by Crippen LogP contribution is -2.07. The number of hydrogen-bond acceptors (Lipinski definition) is 5. The Morgan fingerprint density at radius 1 is 1.39 bits per heavy atom. The van der Waals surface area contributed by atoms with Crippen LogP contribution in [0.5, 0.6) is 0 Å². The van der Waals surface area contributed by atoms with Crippen LogP contribution < -0.4 is 0 Å². The van der Waals surface area contributed by atoms with Gasteiger partial charge in [0.15, 0.2) is 5.82 Å². The minimum atomic E-state index is -2.72. The van der Waals surface area contributed by atoms with Gasteiger partial charge in [-0.15, -0.1) is 11.3 Å². The number of hydrogen-bond donors (Lipinski definition) is 1. The second-order valence-electron chi connectivity index (χ2n) is 4.83. The standard InChI is InChI=1S/C15H13F2N3O2S/c16-13(17)14-19-11-5-1-4-10(12(11)20-14)15(21)22-6-2-3-9-7-18-8-23-9/h1,4-5,7-8,13H,2-3,6H2,(H,19,20). The van der Waals surface area contributed by atoms with Gasteiger partial charge in [0.05, 0.1) is 23.2 Å². The number of H-pyrrole nitrogens is 1. The summed E-state index contributed by atoms with van der Waals surface area (Å²) in [5.41, 5.74) is 2.53. The molecule has 3 rings (SSSR count). The minimum absolute atomic E-state index is 0.184. The van der Waals surface area contributed by atoms with E-state index in [0.717, 1.165) is 11.3 Å². The first-order chi connectivity index (χ1) is 11.1. The number of alkyl halides is 2. The fourth-order valence-electron chi connectivity index (χ4n) is 2.17. The Morgan fingerprint density at radius 3 is 3.00 bits per heavy atom. The molecule has 0 spiro atoms. The molecular weight excluding hydrogens is 324 g/mol. The third kappa shape index (κ3) is 3.53. The number of ether oxygens (including phenoxy) is 1. The lowest BCUT2D eigenvalue weighted by molar-refractivity contribution is 0.0503. The van der Waals surface area contributed by atoms with Crippen molar-refractivity contribution in [2.75, 3.05) is 6.61 Å². The number of rotatable bonds is 6. The Morgan fingerprint density at radius 2 is 2.26 bits per heavy atom. The number of para-hydroxylation sites is 1. The maximum Gasteiger partial charge on any atom is 0.340 e. The van der Waals surface area contributed by atoms with Crippen LogP contribution in [0.2, 0.25) is 0 Å². The zero-order chi connectivity index (χ0) is 16.2. The molecule has 0 saturated carbocycles. The number of aryl methyl sites for hydroxylation is 1. The number of fused-ring (bicyclic) bond motifs is 1. The molecule has 0 fully saturated rings. The summed E-state index contributed by atoms with van der Waals surface area (Å²) in [6, 6.07) is 4.71. The van der Waals surface area contributed by atoms with Crippen LogP contribution in [0.1, 0.15) is 33.9 Å². The van der Waals surface area contributed by atoms with E-state index in [2.05, 4.69) is 15.0 Å². The summed E-state index contributed by atoms with van der Waals surface area (Å²) < 4.78 is 30.6. The molecule has 0 atom stereocenters. The SMILES string of the molecule is O=C(OCCCc1cncs1)c1cccc2[nH]c(C(F)F)nc12. The maximum atomic E-state index is 12.7. The number of carbonyl (C=O) groups excluding carboxylic acids is 1. The third-order valence-electron chi connectivity index (χ3n) is 3.24. The lowest BCUT2D eigenvalue weighted by Gasteiger charge is -2.04. The number of nitrogens with zero attached hydrogens (tertiary/aromatic N) is 2. The molecule has 0 amide bonds. The largest absolute Gasteiger partial charge is 0.462 e. The number of imidazole rings is 1. The zero-order valence-corrected chi connectivity index (χ0v) is 12.8. The van der Waals surface area contributed by atoms with E-state index in [-0.39, 0.29) is 17.7 Å². The van der Waals surface area contributed by atoms with Gasteiger partial charge in [-0.05, 0) is 25.0 Å². The van der Waals surface area contributed by atoms with Crippen molar-refractivity contribution in [2.45, 2.75) is 19.3 Å². The zero-order valence-electron chi connectivity index (χ0n) is 12.0. The summed E-state index contributed by atoms with van der Waals surface area (Å²) in [4.78, 5) is 23.5. The quantitative estimate of drug-likeness (QED) is 0.549. The van der Waals surface area contributed by atoms with E-state index in [9.17, 15) is 13.6 Å². The van der Waals surface area contributed by atoms with Gasteiger partial charge in [-0.2, -0.15) is 0 Å². The number of nitrogens with one attached hydrogen (secondary N) is 1. The number of carbonyl (C=O) groups is 1. The predicted molar refractivity (Wildman–Crippen MR) is 81.8 cm³/mol. The molecule has 3 aromatic rings. The van der Waals surface area contributed by atoms with Crippen LogP contribution in [-0.4, -0.2) is 27.5 Å². The van der Waals surface area contributed by atoms with E-state index in [1.807, 2.05) is 0 Å². The first kappa shape index (κ1) is 15.5. The van der Waals surface area contributed by atoms with Crippen molar-refractivity contribution in [3.63, 3.8) is 0 Å². The second kappa shape index (κ2) is 6.82. The van der Waals surface area contributed by atoms with Gasteiger partial charge >= 0.3 is 5.97 Å². The predicted octanol–water partition coefficient (Wildman–Crippen LogP) is 3.75. The van der Waals surface area contributed by atoms with Crippen LogP contribution in [0.25, 0.3) is 11.0 Å². The molecule has 120 valence electrons. The first-order valence-electron chi connectivity index (χ1n) is 6.96. The topological polar surface area (TPSA) is 67.9 Å². The van der Waals surface area contributed by atoms with E-state index in [0.29, 0.717) is 11.9 Å². The number of halogens is 2. The molecule has 0 aliphatic carbocycles. The van der Waals surface area contributed by atoms with Crippen LogP contribution in [-0.2, 0) is 11.2 Å². The molecule has 2 aromatic heterocycles. The molecule has 0 bridgehead atoms. The van der Waals surface area contributed by atoms with Gasteiger partial charge in [0.1, 0.15) is 5.52 Å². The van der Waals surface area contributed by atoms with Crippen molar-refractivity contribution in [3.8, 4) is 0 Å². The number of esters is 1. The summed E-state index contributed by atoms with van der Waals surface area (Å²) in [5, 5.41) is 0. The highest BCUT2D eigenvalue weighted by atomic mass is 32.1. The van der Waals surface area contributed by atoms with Crippen molar-refractivity contribution in [1.82, 2.24) is 15.0 Å². The summed E-state index contributed by atoms with van der Waals surface area (Å²) in [6.07, 6.45) is 0.515. The van der Waals surface area contributed by atoms with E-state index in [1.165, 1.54) is 6.07 Å². The highest BCUT2D eigenvalue weighted by molar-refractivity contribution is 7.09. The number of benzene rings is 1. The Bertz CT molecular complexity index is 802. The summed E-state index contributed by atoms with van der Waals surface area (Å²) in [5.74, 6) is -1.02. The molecule has 0 saturated heterocycles. The van der Waals surface area contributed by atoms with Crippen molar-refractivity contribution in [3.05, 3.63) is 46.2 Å². The second-order valence-corrected chi connectivity index (χ2v) is 5.80. The fourth-order valence-corrected chi connectivity index (χ4v) is 2.81. The van der Waals surface area contributed by atoms with Gasteiger partial charge < -0.3 is 9.72 Å². The number of thiazole rings is 1. The van der Waals surface area contributed by atoms with Crippen LogP contribution >= 0.6 is 11.3 Å². The Hall–Kier alpha value is -2.35. The Balaban J connectivity index is 1.65. The summed E-state index contributed by atoms with van der Waals surface area (Å²) in [7, 11) is 0. The molecule has 1 aromatic carbocycles. The third-order valence-corrected chi connectivity index (χ3v) is 4.08. The van der Waals surface area contributed by atoms with Gasteiger partial charge in [-0.25, -0.2) is 18.6 Å². The van der Waals surface area contributed by atoms with Crippen LogP contribution in [0.3, 0.4) is 0 Å². The number of aromatic nitrogens is 3.